The molecule has 7 heteroatoms. The largest absolute Gasteiger partial charge is 0.476 e. The number of carboxylic acids is 1. The molecule has 0 aliphatic carbocycles. The number of nitrogens with one attached hydrogen (secondary N) is 1. The van der Waals surface area contributed by atoms with Crippen LogP contribution >= 0.6 is 11.3 Å². The Bertz CT molecular complexity index is 368. The van der Waals surface area contributed by atoms with Crippen LogP contribution in [0.4, 0.5) is 0 Å². The van der Waals surface area contributed by atoms with Gasteiger partial charge in [-0.3, -0.25) is 0 Å². The van der Waals surface area contributed by atoms with Crippen molar-refractivity contribution in [3.05, 3.63) is 16.1 Å². The number of rotatable bonds is 9. The Kier molecular flexibility index (Phi) is 6.81. The van der Waals surface area contributed by atoms with E-state index in [0.29, 0.717) is 19.8 Å². The normalized spacial score (nSPS) is 11.1. The Morgan fingerprint density at radius 1 is 1.56 bits per heavy atom. The molecule has 0 unspecified atom stereocenters. The van der Waals surface area contributed by atoms with Gasteiger partial charge in [0.1, 0.15) is 0 Å². The second kappa shape index (κ2) is 8.15. The fourth-order valence-corrected chi connectivity index (χ4v) is 1.85. The van der Waals surface area contributed by atoms with Crippen molar-refractivity contribution in [3.63, 3.8) is 0 Å². The molecule has 0 aliphatic rings. The van der Waals surface area contributed by atoms with Crippen LogP contribution in [-0.2, 0) is 11.3 Å². The summed E-state index contributed by atoms with van der Waals surface area (Å²) in [5.74, 6) is -0.974. The van der Waals surface area contributed by atoms with Crippen LogP contribution in [0.2, 0.25) is 0 Å². The molecule has 0 spiro atoms. The second-order valence-electron chi connectivity index (χ2n) is 4.04. The van der Waals surface area contributed by atoms with Crippen LogP contribution in [0, 0.1) is 0 Å². The van der Waals surface area contributed by atoms with E-state index in [2.05, 4.69) is 15.2 Å². The molecule has 0 aliphatic heterocycles. The maximum Gasteiger partial charge on any atom is 0.365 e. The Labute approximate surface area is 111 Å². The first-order chi connectivity index (χ1) is 8.59. The van der Waals surface area contributed by atoms with E-state index in [1.165, 1.54) is 0 Å². The topological polar surface area (TPSA) is 74.7 Å². The molecular weight excluding hydrogens is 254 g/mol. The highest BCUT2D eigenvalue weighted by Crippen LogP contribution is 2.08. The molecule has 0 fully saturated rings. The monoisotopic (exact) mass is 273 g/mol. The Balaban J connectivity index is 2.05. The van der Waals surface area contributed by atoms with E-state index < -0.39 is 5.97 Å². The summed E-state index contributed by atoms with van der Waals surface area (Å²) in [7, 11) is 4.01. The summed E-state index contributed by atoms with van der Waals surface area (Å²) in [5.41, 5.74) is 0.755. The summed E-state index contributed by atoms with van der Waals surface area (Å²) in [5, 5.41) is 13.8. The van der Waals surface area contributed by atoms with Gasteiger partial charge >= 0.3 is 5.97 Å². The molecule has 0 bridgehead atoms. The van der Waals surface area contributed by atoms with Crippen molar-refractivity contribution in [2.24, 2.45) is 0 Å². The van der Waals surface area contributed by atoms with E-state index in [9.17, 15) is 4.79 Å². The number of ether oxygens (including phenoxy) is 1. The SMILES string of the molecule is CN(C)CCOCCNCc1csc(C(=O)O)n1. The van der Waals surface area contributed by atoms with E-state index in [0.717, 1.165) is 30.1 Å². The van der Waals surface area contributed by atoms with Crippen molar-refractivity contribution in [1.29, 1.82) is 0 Å². The van der Waals surface area contributed by atoms with Crippen molar-refractivity contribution >= 4 is 17.3 Å². The number of carbonyl (C=O) groups is 1. The number of thiazole rings is 1. The number of hydrogen-bond donors (Lipinski definition) is 2. The van der Waals surface area contributed by atoms with Crippen LogP contribution in [0.5, 0.6) is 0 Å². The van der Waals surface area contributed by atoms with Gasteiger partial charge in [-0.15, -0.1) is 11.3 Å². The minimum atomic E-state index is -0.974. The first-order valence-electron chi connectivity index (χ1n) is 5.70. The zero-order valence-electron chi connectivity index (χ0n) is 10.7. The van der Waals surface area contributed by atoms with Crippen molar-refractivity contribution in [2.45, 2.75) is 6.54 Å². The van der Waals surface area contributed by atoms with Gasteiger partial charge in [0.05, 0.1) is 18.9 Å². The molecule has 0 saturated carbocycles. The average molecular weight is 273 g/mol. The maximum atomic E-state index is 10.6. The lowest BCUT2D eigenvalue weighted by molar-refractivity contribution is 0.0696. The van der Waals surface area contributed by atoms with Gasteiger partial charge in [0.15, 0.2) is 0 Å². The molecule has 6 nitrogen and oxygen atoms in total. The number of nitrogens with zero attached hydrogens (tertiary/aromatic N) is 2. The predicted octanol–water partition coefficient (Wildman–Crippen LogP) is 0.509. The van der Waals surface area contributed by atoms with Crippen LogP contribution in [0.15, 0.2) is 5.38 Å². The van der Waals surface area contributed by atoms with Gasteiger partial charge in [0, 0.05) is 25.0 Å². The van der Waals surface area contributed by atoms with E-state index in [1.807, 2.05) is 14.1 Å². The number of hydrogen-bond acceptors (Lipinski definition) is 6. The number of likely N-dealkylation sites (N-methyl/N-ethyl adjacent to an activating group) is 1. The molecule has 0 radical (unpaired) electrons. The summed E-state index contributed by atoms with van der Waals surface area (Å²) in [4.78, 5) is 16.7. The highest BCUT2D eigenvalue weighted by atomic mass is 32.1. The van der Waals surface area contributed by atoms with E-state index in [-0.39, 0.29) is 5.01 Å². The summed E-state index contributed by atoms with van der Waals surface area (Å²) in [6, 6.07) is 0. The van der Waals surface area contributed by atoms with Gasteiger partial charge in [-0.05, 0) is 14.1 Å². The van der Waals surface area contributed by atoms with Gasteiger partial charge < -0.3 is 20.1 Å². The lowest BCUT2D eigenvalue weighted by Gasteiger charge is -2.09. The standard InChI is InChI=1S/C11H19N3O3S/c1-14(2)4-6-17-5-3-12-7-9-8-18-10(13-9)11(15)16/h8,12H,3-7H2,1-2H3,(H,15,16). The third-order valence-electron chi connectivity index (χ3n) is 2.15. The van der Waals surface area contributed by atoms with E-state index in [4.69, 9.17) is 9.84 Å². The molecule has 0 aromatic carbocycles. The molecular formula is C11H19N3O3S. The zero-order valence-corrected chi connectivity index (χ0v) is 11.5. The molecule has 1 rings (SSSR count). The Hall–Kier alpha value is -1.02. The smallest absolute Gasteiger partial charge is 0.365 e. The van der Waals surface area contributed by atoms with Crippen LogP contribution in [0.1, 0.15) is 15.5 Å². The maximum absolute atomic E-state index is 10.6. The fraction of sp³-hybridized carbons (Fsp3) is 0.636. The first-order valence-corrected chi connectivity index (χ1v) is 6.58. The minimum absolute atomic E-state index is 0.133. The van der Waals surface area contributed by atoms with Gasteiger partial charge in [-0.1, -0.05) is 0 Å². The van der Waals surface area contributed by atoms with Gasteiger partial charge in [0.25, 0.3) is 0 Å². The predicted molar refractivity (Wildman–Crippen MR) is 70.2 cm³/mol. The van der Waals surface area contributed by atoms with Gasteiger partial charge in [-0.25, -0.2) is 9.78 Å². The van der Waals surface area contributed by atoms with Crippen molar-refractivity contribution < 1.29 is 14.6 Å². The quantitative estimate of drug-likeness (QED) is 0.639. The molecule has 0 amide bonds. The molecule has 1 aromatic heterocycles. The van der Waals surface area contributed by atoms with Crippen molar-refractivity contribution in [2.75, 3.05) is 40.4 Å². The zero-order chi connectivity index (χ0) is 13.4. The van der Waals surface area contributed by atoms with Crippen molar-refractivity contribution in [3.8, 4) is 0 Å². The minimum Gasteiger partial charge on any atom is -0.476 e. The summed E-state index contributed by atoms with van der Waals surface area (Å²) in [6.07, 6.45) is 0. The highest BCUT2D eigenvalue weighted by molar-refractivity contribution is 7.11. The number of carboxylic acid groups (broad SMARTS) is 1. The Morgan fingerprint density at radius 3 is 2.94 bits per heavy atom. The molecule has 102 valence electrons. The van der Waals surface area contributed by atoms with Crippen LogP contribution in [-0.4, -0.2) is 61.4 Å². The summed E-state index contributed by atoms with van der Waals surface area (Å²) < 4.78 is 5.41. The third kappa shape index (κ3) is 6.06. The van der Waals surface area contributed by atoms with E-state index in [1.54, 1.807) is 5.38 Å². The van der Waals surface area contributed by atoms with Crippen LogP contribution in [0.3, 0.4) is 0 Å². The molecule has 2 N–H and O–H groups in total. The molecule has 0 atom stereocenters. The fourth-order valence-electron chi connectivity index (χ4n) is 1.20. The molecule has 1 heterocycles. The first kappa shape index (κ1) is 15.0. The lowest BCUT2D eigenvalue weighted by Crippen LogP contribution is -2.23. The second-order valence-corrected chi connectivity index (χ2v) is 4.90. The molecule has 18 heavy (non-hydrogen) atoms. The van der Waals surface area contributed by atoms with Gasteiger partial charge in [0.2, 0.25) is 5.01 Å². The van der Waals surface area contributed by atoms with Crippen LogP contribution in [0.25, 0.3) is 0 Å². The number of aromatic nitrogens is 1. The highest BCUT2D eigenvalue weighted by Gasteiger charge is 2.07. The lowest BCUT2D eigenvalue weighted by atomic mass is 10.5. The van der Waals surface area contributed by atoms with Crippen molar-refractivity contribution in [1.82, 2.24) is 15.2 Å². The van der Waals surface area contributed by atoms with E-state index >= 15 is 0 Å². The summed E-state index contributed by atoms with van der Waals surface area (Å²) in [6.45, 7) is 3.57. The van der Waals surface area contributed by atoms with Gasteiger partial charge in [-0.2, -0.15) is 0 Å². The average Bonchev–Trinajstić information content (AvgIpc) is 2.76. The number of aromatic carboxylic acids is 1. The molecule has 0 saturated heterocycles. The third-order valence-corrected chi connectivity index (χ3v) is 3.03. The molecule has 1 aromatic rings. The Morgan fingerprint density at radius 2 is 2.33 bits per heavy atom. The van der Waals surface area contributed by atoms with Crippen LogP contribution < -0.4 is 5.32 Å². The summed E-state index contributed by atoms with van der Waals surface area (Å²) >= 11 is 1.15.